The Morgan fingerprint density at radius 2 is 1.42 bits per heavy atom. The van der Waals surface area contributed by atoms with Crippen LogP contribution in [-0.2, 0) is 4.79 Å². The van der Waals surface area contributed by atoms with Gasteiger partial charge in [0.2, 0.25) is 0 Å². The lowest BCUT2D eigenvalue weighted by molar-refractivity contribution is -0.127. The lowest BCUT2D eigenvalue weighted by Crippen LogP contribution is -2.50. The van der Waals surface area contributed by atoms with Gasteiger partial charge in [-0.3, -0.25) is 9.59 Å². The fourth-order valence-electron chi connectivity index (χ4n) is 3.86. The summed E-state index contributed by atoms with van der Waals surface area (Å²) in [7, 11) is 1.66. The van der Waals surface area contributed by atoms with Gasteiger partial charge in [0, 0.05) is 31.7 Å². The average molecular weight is 442 g/mol. The fraction of sp³-hybridized carbons (Fsp3) is 0.185. The van der Waals surface area contributed by atoms with Crippen molar-refractivity contribution in [2.45, 2.75) is 0 Å². The van der Waals surface area contributed by atoms with Crippen molar-refractivity contribution < 1.29 is 14.3 Å². The van der Waals surface area contributed by atoms with Crippen LogP contribution in [0.1, 0.15) is 15.9 Å². The van der Waals surface area contributed by atoms with E-state index >= 15 is 0 Å². The number of carbonyl (C=O) groups excluding carboxylic acids is 2. The van der Waals surface area contributed by atoms with Gasteiger partial charge in [-0.05, 0) is 35.9 Å². The molecule has 6 nitrogen and oxygen atoms in total. The summed E-state index contributed by atoms with van der Waals surface area (Å²) in [4.78, 5) is 30.2. The highest BCUT2D eigenvalue weighted by Gasteiger charge is 2.26. The van der Waals surface area contributed by atoms with E-state index in [1.165, 1.54) is 0 Å². The highest BCUT2D eigenvalue weighted by Crippen LogP contribution is 2.28. The van der Waals surface area contributed by atoms with Crippen LogP contribution >= 0.6 is 0 Å². The second kappa shape index (κ2) is 10.5. The van der Waals surface area contributed by atoms with Crippen LogP contribution in [0.5, 0.6) is 5.75 Å². The Labute approximate surface area is 194 Å². The number of nitrogens with zero attached hydrogens (tertiary/aromatic N) is 2. The zero-order valence-electron chi connectivity index (χ0n) is 18.6. The van der Waals surface area contributed by atoms with Crippen molar-refractivity contribution in [1.29, 1.82) is 0 Å². The molecule has 3 aromatic carbocycles. The Morgan fingerprint density at radius 1 is 0.818 bits per heavy atom. The second-order valence-electron chi connectivity index (χ2n) is 7.74. The van der Waals surface area contributed by atoms with E-state index in [0.717, 1.165) is 17.0 Å². The third-order valence-corrected chi connectivity index (χ3v) is 5.62. The van der Waals surface area contributed by atoms with Crippen molar-refractivity contribution in [3.63, 3.8) is 0 Å². The SMILES string of the molecule is COc1ccccc1N1CCN(C(=O)/C(=C/c2ccccc2)NC(=O)c2ccccc2)CC1. The van der Waals surface area contributed by atoms with Crippen LogP contribution in [0.3, 0.4) is 0 Å². The zero-order chi connectivity index (χ0) is 23.0. The number of rotatable bonds is 6. The van der Waals surface area contributed by atoms with Gasteiger partial charge in [0.1, 0.15) is 11.4 Å². The molecule has 1 heterocycles. The molecule has 1 saturated heterocycles. The zero-order valence-corrected chi connectivity index (χ0v) is 18.6. The number of anilines is 1. The monoisotopic (exact) mass is 441 g/mol. The normalized spacial score (nSPS) is 14.0. The molecule has 168 valence electrons. The maximum atomic E-state index is 13.4. The van der Waals surface area contributed by atoms with Crippen molar-refractivity contribution in [2.24, 2.45) is 0 Å². The van der Waals surface area contributed by atoms with E-state index in [1.54, 1.807) is 42.4 Å². The third-order valence-electron chi connectivity index (χ3n) is 5.62. The summed E-state index contributed by atoms with van der Waals surface area (Å²) >= 11 is 0. The third kappa shape index (κ3) is 5.41. The van der Waals surface area contributed by atoms with Crippen molar-refractivity contribution in [3.05, 3.63) is 102 Å². The summed E-state index contributed by atoms with van der Waals surface area (Å²) < 4.78 is 5.48. The number of ether oxygens (including phenoxy) is 1. The van der Waals surface area contributed by atoms with Crippen LogP contribution in [0.15, 0.2) is 90.6 Å². The molecule has 1 aliphatic heterocycles. The van der Waals surface area contributed by atoms with Gasteiger partial charge in [-0.2, -0.15) is 0 Å². The van der Waals surface area contributed by atoms with E-state index in [0.29, 0.717) is 31.7 Å². The molecular formula is C27H27N3O3. The van der Waals surface area contributed by atoms with Gasteiger partial charge in [0.05, 0.1) is 12.8 Å². The fourth-order valence-corrected chi connectivity index (χ4v) is 3.86. The minimum atomic E-state index is -0.307. The molecule has 1 N–H and O–H groups in total. The van der Waals surface area contributed by atoms with Gasteiger partial charge in [-0.1, -0.05) is 60.7 Å². The van der Waals surface area contributed by atoms with Crippen molar-refractivity contribution in [1.82, 2.24) is 10.2 Å². The predicted molar refractivity (Wildman–Crippen MR) is 130 cm³/mol. The average Bonchev–Trinajstić information content (AvgIpc) is 2.89. The molecular weight excluding hydrogens is 414 g/mol. The summed E-state index contributed by atoms with van der Waals surface area (Å²) in [5.41, 5.74) is 2.64. The molecule has 0 saturated carbocycles. The van der Waals surface area contributed by atoms with Gasteiger partial charge >= 0.3 is 0 Å². The van der Waals surface area contributed by atoms with Crippen LogP contribution in [0.4, 0.5) is 5.69 Å². The van der Waals surface area contributed by atoms with E-state index in [-0.39, 0.29) is 17.5 Å². The van der Waals surface area contributed by atoms with Crippen LogP contribution in [0, 0.1) is 0 Å². The van der Waals surface area contributed by atoms with Crippen molar-refractivity contribution in [3.8, 4) is 5.75 Å². The molecule has 0 bridgehead atoms. The number of methoxy groups -OCH3 is 1. The van der Waals surface area contributed by atoms with Crippen molar-refractivity contribution in [2.75, 3.05) is 38.2 Å². The number of hydrogen-bond acceptors (Lipinski definition) is 4. The van der Waals surface area contributed by atoms with Crippen LogP contribution < -0.4 is 15.0 Å². The first-order chi connectivity index (χ1) is 16.2. The Bertz CT molecular complexity index is 1120. The summed E-state index contributed by atoms with van der Waals surface area (Å²) in [6, 6.07) is 26.3. The van der Waals surface area contributed by atoms with Gasteiger partial charge in [-0.25, -0.2) is 0 Å². The minimum absolute atomic E-state index is 0.192. The number of nitrogens with one attached hydrogen (secondary N) is 1. The van der Waals surface area contributed by atoms with E-state index in [4.69, 9.17) is 4.74 Å². The molecule has 6 heteroatoms. The number of hydrogen-bond donors (Lipinski definition) is 1. The molecule has 2 amide bonds. The molecule has 4 rings (SSSR count). The Morgan fingerprint density at radius 3 is 2.09 bits per heavy atom. The van der Waals surface area contributed by atoms with E-state index < -0.39 is 0 Å². The quantitative estimate of drug-likeness (QED) is 0.591. The summed E-state index contributed by atoms with van der Waals surface area (Å²) in [5, 5.41) is 2.84. The molecule has 1 aliphatic rings. The Hall–Kier alpha value is -4.06. The minimum Gasteiger partial charge on any atom is -0.495 e. The highest BCUT2D eigenvalue weighted by atomic mass is 16.5. The maximum absolute atomic E-state index is 13.4. The summed E-state index contributed by atoms with van der Waals surface area (Å²) in [6.45, 7) is 2.45. The topological polar surface area (TPSA) is 61.9 Å². The highest BCUT2D eigenvalue weighted by molar-refractivity contribution is 6.05. The number of carbonyl (C=O) groups is 2. The van der Waals surface area contributed by atoms with Gasteiger partial charge in [0.25, 0.3) is 11.8 Å². The largest absolute Gasteiger partial charge is 0.495 e. The predicted octanol–water partition coefficient (Wildman–Crippen LogP) is 3.81. The smallest absolute Gasteiger partial charge is 0.270 e. The lowest BCUT2D eigenvalue weighted by atomic mass is 10.1. The standard InChI is InChI=1S/C27H27N3O3/c1-33-25-15-9-8-14-24(25)29-16-18-30(19-17-29)27(32)23(20-21-10-4-2-5-11-21)28-26(31)22-12-6-3-7-13-22/h2-15,20H,16-19H2,1H3,(H,28,31)/b23-20-. The number of para-hydroxylation sites is 2. The first-order valence-electron chi connectivity index (χ1n) is 11.0. The van der Waals surface area contributed by atoms with Gasteiger partial charge in [-0.15, -0.1) is 0 Å². The van der Waals surface area contributed by atoms with Gasteiger partial charge < -0.3 is 19.9 Å². The van der Waals surface area contributed by atoms with Gasteiger partial charge in [0.15, 0.2) is 0 Å². The molecule has 33 heavy (non-hydrogen) atoms. The lowest BCUT2D eigenvalue weighted by Gasteiger charge is -2.37. The second-order valence-corrected chi connectivity index (χ2v) is 7.74. The Kier molecular flexibility index (Phi) is 7.05. The van der Waals surface area contributed by atoms with E-state index in [2.05, 4.69) is 10.2 Å². The molecule has 0 atom stereocenters. The summed E-state index contributed by atoms with van der Waals surface area (Å²) in [6.07, 6.45) is 1.73. The summed E-state index contributed by atoms with van der Waals surface area (Å²) in [5.74, 6) is 0.318. The number of amides is 2. The number of piperazine rings is 1. The molecule has 3 aromatic rings. The van der Waals surface area contributed by atoms with E-state index in [9.17, 15) is 9.59 Å². The van der Waals surface area contributed by atoms with Crippen LogP contribution in [0.2, 0.25) is 0 Å². The molecule has 0 unspecified atom stereocenters. The Balaban J connectivity index is 1.51. The molecule has 1 fully saturated rings. The van der Waals surface area contributed by atoms with Crippen molar-refractivity contribution >= 4 is 23.6 Å². The first-order valence-corrected chi connectivity index (χ1v) is 11.0. The molecule has 0 aromatic heterocycles. The molecule has 0 aliphatic carbocycles. The van der Waals surface area contributed by atoms with Crippen LogP contribution in [0.25, 0.3) is 6.08 Å². The number of benzene rings is 3. The first kappa shape index (κ1) is 22.1. The van der Waals surface area contributed by atoms with Crippen LogP contribution in [-0.4, -0.2) is 50.0 Å². The molecule has 0 spiro atoms. The van der Waals surface area contributed by atoms with E-state index in [1.807, 2.05) is 60.7 Å². The maximum Gasteiger partial charge on any atom is 0.270 e. The molecule has 0 radical (unpaired) electrons.